The summed E-state index contributed by atoms with van der Waals surface area (Å²) < 4.78 is 1.88. The Morgan fingerprint density at radius 1 is 1.56 bits per heavy atom. The number of nitrogens with zero attached hydrogens (tertiary/aromatic N) is 4. The molecule has 3 heterocycles. The van der Waals surface area contributed by atoms with Gasteiger partial charge in [0.25, 0.3) is 0 Å². The second-order valence-electron chi connectivity index (χ2n) is 3.97. The normalized spacial score (nSPS) is 15.9. The van der Waals surface area contributed by atoms with Crippen molar-refractivity contribution < 1.29 is 9.90 Å². The van der Waals surface area contributed by atoms with Crippen molar-refractivity contribution in [1.29, 1.82) is 0 Å². The number of rotatable bonds is 3. The van der Waals surface area contributed by atoms with Crippen LogP contribution in [0.4, 0.5) is 5.82 Å². The lowest BCUT2D eigenvalue weighted by Crippen LogP contribution is -2.50. The molecule has 1 N–H and O–H groups in total. The summed E-state index contributed by atoms with van der Waals surface area (Å²) in [5.74, 6) is -0.232. The van der Waals surface area contributed by atoms with Crippen LogP contribution in [-0.2, 0) is 4.79 Å². The highest BCUT2D eigenvalue weighted by Crippen LogP contribution is 2.35. The predicted octanol–water partition coefficient (Wildman–Crippen LogP) is 1.33. The van der Waals surface area contributed by atoms with Gasteiger partial charge in [0.05, 0.1) is 5.92 Å². The minimum Gasteiger partial charge on any atom is -0.481 e. The molecule has 0 atom stereocenters. The summed E-state index contributed by atoms with van der Waals surface area (Å²) in [5, 5.41) is 8.88. The number of carboxylic acid groups (broad SMARTS) is 1. The molecular weight excluding hydrogens is 272 g/mol. The Morgan fingerprint density at radius 3 is 3.00 bits per heavy atom. The topological polar surface area (TPSA) is 79.2 Å². The first-order valence-corrected chi connectivity index (χ1v) is 7.36. The van der Waals surface area contributed by atoms with Crippen LogP contribution < -0.4 is 4.90 Å². The lowest BCUT2D eigenvalue weighted by molar-refractivity contribution is -0.142. The number of hydrogen-bond acceptors (Lipinski definition) is 7. The molecule has 0 saturated carbocycles. The molecule has 2 aromatic rings. The van der Waals surface area contributed by atoms with Gasteiger partial charge in [-0.05, 0) is 6.26 Å². The number of thioether (sulfide) groups is 1. The van der Waals surface area contributed by atoms with E-state index in [1.54, 1.807) is 23.1 Å². The van der Waals surface area contributed by atoms with Crippen molar-refractivity contribution in [1.82, 2.24) is 15.0 Å². The number of hydrogen-bond donors (Lipinski definition) is 1. The van der Waals surface area contributed by atoms with Crippen LogP contribution in [-0.4, -0.2) is 45.4 Å². The lowest BCUT2D eigenvalue weighted by Gasteiger charge is -2.37. The van der Waals surface area contributed by atoms with Crippen molar-refractivity contribution in [3.8, 4) is 0 Å². The van der Waals surface area contributed by atoms with Crippen molar-refractivity contribution >= 4 is 45.2 Å². The molecule has 3 rings (SSSR count). The Labute approximate surface area is 111 Å². The maximum absolute atomic E-state index is 10.8. The Kier molecular flexibility index (Phi) is 2.83. The Morgan fingerprint density at radius 2 is 2.33 bits per heavy atom. The second-order valence-corrected chi connectivity index (χ2v) is 6.03. The second kappa shape index (κ2) is 4.36. The van der Waals surface area contributed by atoms with E-state index >= 15 is 0 Å². The lowest BCUT2D eigenvalue weighted by atomic mass is 10.0. The standard InChI is InChI=1S/C10H10N4O2S2/c1-17-10-13-7-6(18-10)8(12-4-11-7)14-2-5(3-14)9(15)16/h4-5H,2-3H2,1H3,(H,15,16). The maximum Gasteiger partial charge on any atom is 0.310 e. The molecule has 6 nitrogen and oxygen atoms in total. The fourth-order valence-corrected chi connectivity index (χ4v) is 3.37. The summed E-state index contributed by atoms with van der Waals surface area (Å²) in [5.41, 5.74) is 0.688. The van der Waals surface area contributed by atoms with Gasteiger partial charge in [0.1, 0.15) is 11.0 Å². The van der Waals surface area contributed by atoms with Gasteiger partial charge in [-0.1, -0.05) is 11.8 Å². The van der Waals surface area contributed by atoms with Crippen molar-refractivity contribution in [2.24, 2.45) is 5.92 Å². The van der Waals surface area contributed by atoms with Gasteiger partial charge in [-0.25, -0.2) is 15.0 Å². The molecule has 94 valence electrons. The van der Waals surface area contributed by atoms with Crippen LogP contribution in [0.2, 0.25) is 0 Å². The average Bonchev–Trinajstić information content (AvgIpc) is 2.70. The minimum absolute atomic E-state index is 0.289. The van der Waals surface area contributed by atoms with E-state index < -0.39 is 5.97 Å². The van der Waals surface area contributed by atoms with Gasteiger partial charge in [-0.15, -0.1) is 11.3 Å². The first-order chi connectivity index (χ1) is 8.69. The molecule has 1 fully saturated rings. The van der Waals surface area contributed by atoms with Crippen LogP contribution in [0, 0.1) is 5.92 Å². The van der Waals surface area contributed by atoms with Gasteiger partial charge >= 0.3 is 5.97 Å². The highest BCUT2D eigenvalue weighted by atomic mass is 32.2. The molecule has 1 saturated heterocycles. The molecule has 2 aromatic heterocycles. The van der Waals surface area contributed by atoms with Crippen LogP contribution in [0.1, 0.15) is 0 Å². The Bertz CT molecular complexity index is 609. The number of carboxylic acids is 1. The molecule has 1 aliphatic rings. The zero-order valence-electron chi connectivity index (χ0n) is 9.53. The molecule has 18 heavy (non-hydrogen) atoms. The molecule has 0 spiro atoms. The van der Waals surface area contributed by atoms with Crippen LogP contribution in [0.3, 0.4) is 0 Å². The third kappa shape index (κ3) is 1.81. The number of carbonyl (C=O) groups is 1. The fourth-order valence-electron chi connectivity index (χ4n) is 1.84. The number of anilines is 1. The maximum atomic E-state index is 10.8. The fraction of sp³-hybridized carbons (Fsp3) is 0.400. The van der Waals surface area contributed by atoms with Crippen LogP contribution in [0.5, 0.6) is 0 Å². The van der Waals surface area contributed by atoms with Crippen molar-refractivity contribution in [2.45, 2.75) is 4.34 Å². The molecule has 0 radical (unpaired) electrons. The summed E-state index contributed by atoms with van der Waals surface area (Å²) in [6.07, 6.45) is 3.45. The highest BCUT2D eigenvalue weighted by Gasteiger charge is 2.34. The molecule has 8 heteroatoms. The quantitative estimate of drug-likeness (QED) is 0.851. The molecule has 0 aromatic carbocycles. The van der Waals surface area contributed by atoms with Gasteiger partial charge < -0.3 is 10.0 Å². The molecule has 0 bridgehead atoms. The highest BCUT2D eigenvalue weighted by molar-refractivity contribution is 8.00. The summed E-state index contributed by atoms with van der Waals surface area (Å²) in [6, 6.07) is 0. The zero-order valence-corrected chi connectivity index (χ0v) is 11.2. The van der Waals surface area contributed by atoms with E-state index in [2.05, 4.69) is 15.0 Å². The zero-order chi connectivity index (χ0) is 12.7. The summed E-state index contributed by atoms with van der Waals surface area (Å²) in [7, 11) is 0. The Balaban J connectivity index is 1.93. The number of thiazole rings is 1. The SMILES string of the molecule is CSc1nc2ncnc(N3CC(C(=O)O)C3)c2s1. The minimum atomic E-state index is -0.745. The molecular formula is C10H10N4O2S2. The third-order valence-electron chi connectivity index (χ3n) is 2.86. The van der Waals surface area contributed by atoms with Crippen LogP contribution in [0.25, 0.3) is 10.3 Å². The smallest absolute Gasteiger partial charge is 0.310 e. The largest absolute Gasteiger partial charge is 0.481 e. The van der Waals surface area contributed by atoms with Crippen molar-refractivity contribution in [3.63, 3.8) is 0 Å². The first-order valence-electron chi connectivity index (χ1n) is 5.32. The number of aliphatic carboxylic acids is 1. The number of aromatic nitrogens is 3. The van der Waals surface area contributed by atoms with Gasteiger partial charge in [0.15, 0.2) is 15.8 Å². The first kappa shape index (κ1) is 11.7. The van der Waals surface area contributed by atoms with Gasteiger partial charge in [0, 0.05) is 13.1 Å². The van der Waals surface area contributed by atoms with Crippen molar-refractivity contribution in [3.05, 3.63) is 6.33 Å². The van der Waals surface area contributed by atoms with E-state index in [1.165, 1.54) is 6.33 Å². The van der Waals surface area contributed by atoms with E-state index in [4.69, 9.17) is 5.11 Å². The van der Waals surface area contributed by atoms with E-state index in [-0.39, 0.29) is 5.92 Å². The average molecular weight is 282 g/mol. The van der Waals surface area contributed by atoms with E-state index in [9.17, 15) is 4.79 Å². The van der Waals surface area contributed by atoms with Gasteiger partial charge in [-0.3, -0.25) is 4.79 Å². The van der Waals surface area contributed by atoms with E-state index in [0.29, 0.717) is 18.7 Å². The van der Waals surface area contributed by atoms with Crippen LogP contribution in [0.15, 0.2) is 10.7 Å². The Hall–Kier alpha value is -1.41. The summed E-state index contributed by atoms with van der Waals surface area (Å²) >= 11 is 3.12. The molecule has 1 aliphatic heterocycles. The van der Waals surface area contributed by atoms with Gasteiger partial charge in [0.2, 0.25) is 0 Å². The number of fused-ring (bicyclic) bond motifs is 1. The molecule has 0 unspecified atom stereocenters. The van der Waals surface area contributed by atoms with E-state index in [0.717, 1.165) is 14.9 Å². The summed E-state index contributed by atoms with van der Waals surface area (Å²) in [4.78, 5) is 25.5. The third-order valence-corrected chi connectivity index (χ3v) is 4.88. The molecule has 0 aliphatic carbocycles. The monoisotopic (exact) mass is 282 g/mol. The van der Waals surface area contributed by atoms with Gasteiger partial charge in [-0.2, -0.15) is 0 Å². The summed E-state index contributed by atoms with van der Waals surface area (Å²) in [6.45, 7) is 1.02. The molecule has 0 amide bonds. The van der Waals surface area contributed by atoms with Crippen LogP contribution >= 0.6 is 23.1 Å². The van der Waals surface area contributed by atoms with E-state index in [1.807, 2.05) is 11.2 Å². The predicted molar refractivity (Wildman–Crippen MR) is 70.3 cm³/mol. The van der Waals surface area contributed by atoms with Crippen molar-refractivity contribution in [2.75, 3.05) is 24.2 Å².